The SMILES string of the molecule is Nc1cc(F)c(N2CCc3ccccc3CC2)c(F)c1. The molecule has 1 aliphatic rings. The largest absolute Gasteiger partial charge is 0.399 e. The number of fused-ring (bicyclic) bond motifs is 1. The van der Waals surface area contributed by atoms with Gasteiger partial charge in [-0.15, -0.1) is 0 Å². The van der Waals surface area contributed by atoms with Crippen LogP contribution in [0.5, 0.6) is 0 Å². The number of halogens is 2. The van der Waals surface area contributed by atoms with Gasteiger partial charge in [0.2, 0.25) is 0 Å². The number of nitrogen functional groups attached to an aromatic ring is 1. The normalized spacial score (nSPS) is 14.8. The van der Waals surface area contributed by atoms with Crippen molar-refractivity contribution < 1.29 is 8.78 Å². The molecule has 0 unspecified atom stereocenters. The highest BCUT2D eigenvalue weighted by molar-refractivity contribution is 5.56. The predicted molar refractivity (Wildman–Crippen MR) is 76.8 cm³/mol. The van der Waals surface area contributed by atoms with Gasteiger partial charge in [0.25, 0.3) is 0 Å². The highest BCUT2D eigenvalue weighted by Gasteiger charge is 2.20. The molecule has 0 saturated heterocycles. The van der Waals surface area contributed by atoms with Crippen LogP contribution >= 0.6 is 0 Å². The molecule has 0 bridgehead atoms. The molecule has 1 aliphatic heterocycles. The van der Waals surface area contributed by atoms with E-state index in [1.165, 1.54) is 23.3 Å². The fourth-order valence-electron chi connectivity index (χ4n) is 2.78. The van der Waals surface area contributed by atoms with E-state index in [0.29, 0.717) is 13.1 Å². The second-order valence-electron chi connectivity index (χ2n) is 5.09. The number of anilines is 2. The van der Waals surface area contributed by atoms with Crippen molar-refractivity contribution in [3.8, 4) is 0 Å². The van der Waals surface area contributed by atoms with E-state index >= 15 is 0 Å². The zero-order valence-corrected chi connectivity index (χ0v) is 11.1. The van der Waals surface area contributed by atoms with E-state index in [0.717, 1.165) is 12.8 Å². The van der Waals surface area contributed by atoms with Crippen LogP contribution in [-0.2, 0) is 12.8 Å². The minimum absolute atomic E-state index is 0.0343. The number of benzene rings is 2. The molecule has 2 nitrogen and oxygen atoms in total. The average Bonchev–Trinajstić information content (AvgIpc) is 2.61. The first kappa shape index (κ1) is 12.9. The smallest absolute Gasteiger partial charge is 0.151 e. The molecule has 4 heteroatoms. The van der Waals surface area contributed by atoms with Gasteiger partial charge in [0.1, 0.15) is 5.69 Å². The maximum atomic E-state index is 14.0. The molecular formula is C16H16F2N2. The second kappa shape index (κ2) is 5.12. The topological polar surface area (TPSA) is 29.3 Å². The van der Waals surface area contributed by atoms with Crippen molar-refractivity contribution in [1.29, 1.82) is 0 Å². The molecule has 0 radical (unpaired) electrons. The van der Waals surface area contributed by atoms with E-state index in [1.54, 1.807) is 4.90 Å². The Bertz CT molecular complexity index is 590. The van der Waals surface area contributed by atoms with Crippen LogP contribution < -0.4 is 10.6 Å². The Morgan fingerprint density at radius 3 is 1.90 bits per heavy atom. The van der Waals surface area contributed by atoms with Gasteiger partial charge in [-0.3, -0.25) is 0 Å². The van der Waals surface area contributed by atoms with Crippen LogP contribution in [0.3, 0.4) is 0 Å². The quantitative estimate of drug-likeness (QED) is 0.809. The Balaban J connectivity index is 1.91. The molecule has 104 valence electrons. The number of hydrogen-bond donors (Lipinski definition) is 1. The summed E-state index contributed by atoms with van der Waals surface area (Å²) >= 11 is 0. The number of nitrogens with two attached hydrogens (primary N) is 1. The zero-order chi connectivity index (χ0) is 14.1. The van der Waals surface area contributed by atoms with Crippen LogP contribution in [0.2, 0.25) is 0 Å². The fraction of sp³-hybridized carbons (Fsp3) is 0.250. The van der Waals surface area contributed by atoms with Gasteiger partial charge in [0, 0.05) is 18.8 Å². The minimum atomic E-state index is -0.589. The van der Waals surface area contributed by atoms with Crippen LogP contribution in [-0.4, -0.2) is 13.1 Å². The highest BCUT2D eigenvalue weighted by Crippen LogP contribution is 2.28. The second-order valence-corrected chi connectivity index (χ2v) is 5.09. The Hall–Kier alpha value is -2.10. The first-order valence-corrected chi connectivity index (χ1v) is 6.71. The van der Waals surface area contributed by atoms with E-state index in [1.807, 2.05) is 12.1 Å². The standard InChI is InChI=1S/C16H16F2N2/c17-14-9-13(19)10-15(18)16(14)20-7-5-11-3-1-2-4-12(11)6-8-20/h1-4,9-10H,5-8,19H2. The van der Waals surface area contributed by atoms with E-state index in [4.69, 9.17) is 5.73 Å². The lowest BCUT2D eigenvalue weighted by atomic mass is 10.0. The summed E-state index contributed by atoms with van der Waals surface area (Å²) in [6.07, 6.45) is 1.58. The van der Waals surface area contributed by atoms with E-state index in [9.17, 15) is 8.78 Å². The van der Waals surface area contributed by atoms with E-state index < -0.39 is 11.6 Å². The maximum Gasteiger partial charge on any atom is 0.151 e. The summed E-state index contributed by atoms with van der Waals surface area (Å²) in [7, 11) is 0. The van der Waals surface area contributed by atoms with Gasteiger partial charge in [-0.05, 0) is 36.1 Å². The maximum absolute atomic E-state index is 14.0. The molecular weight excluding hydrogens is 258 g/mol. The van der Waals surface area contributed by atoms with Crippen molar-refractivity contribution in [3.05, 3.63) is 59.2 Å². The molecule has 0 saturated carbocycles. The van der Waals surface area contributed by atoms with Crippen LogP contribution in [0.4, 0.5) is 20.2 Å². The van der Waals surface area contributed by atoms with Gasteiger partial charge < -0.3 is 10.6 Å². The summed E-state index contributed by atoms with van der Waals surface area (Å²) in [5, 5.41) is 0. The highest BCUT2D eigenvalue weighted by atomic mass is 19.1. The fourth-order valence-corrected chi connectivity index (χ4v) is 2.78. The molecule has 0 atom stereocenters. The summed E-state index contributed by atoms with van der Waals surface area (Å²) in [5.41, 5.74) is 8.12. The lowest BCUT2D eigenvalue weighted by Crippen LogP contribution is -2.28. The van der Waals surface area contributed by atoms with Gasteiger partial charge in [-0.2, -0.15) is 0 Å². The van der Waals surface area contributed by atoms with Crippen molar-refractivity contribution in [3.63, 3.8) is 0 Å². The van der Waals surface area contributed by atoms with Crippen molar-refractivity contribution in [1.82, 2.24) is 0 Å². The van der Waals surface area contributed by atoms with Gasteiger partial charge in [-0.25, -0.2) is 8.78 Å². The Morgan fingerprint density at radius 2 is 1.40 bits per heavy atom. The predicted octanol–water partition coefficient (Wildman–Crippen LogP) is 3.15. The van der Waals surface area contributed by atoms with Crippen LogP contribution in [0, 0.1) is 11.6 Å². The van der Waals surface area contributed by atoms with Crippen molar-refractivity contribution in [2.45, 2.75) is 12.8 Å². The monoisotopic (exact) mass is 274 g/mol. The Morgan fingerprint density at radius 1 is 0.900 bits per heavy atom. The van der Waals surface area contributed by atoms with E-state index in [-0.39, 0.29) is 11.4 Å². The molecule has 2 aromatic carbocycles. The third-order valence-electron chi connectivity index (χ3n) is 3.78. The number of rotatable bonds is 1. The first-order chi connectivity index (χ1) is 9.65. The summed E-state index contributed by atoms with van der Waals surface area (Å²) < 4.78 is 28.0. The number of hydrogen-bond acceptors (Lipinski definition) is 2. The summed E-state index contributed by atoms with van der Waals surface area (Å²) in [6, 6.07) is 10.5. The van der Waals surface area contributed by atoms with Crippen LogP contribution in [0.25, 0.3) is 0 Å². The lowest BCUT2D eigenvalue weighted by Gasteiger charge is -2.23. The van der Waals surface area contributed by atoms with Crippen LogP contribution in [0.1, 0.15) is 11.1 Å². The van der Waals surface area contributed by atoms with Crippen molar-refractivity contribution in [2.75, 3.05) is 23.7 Å². The molecule has 0 spiro atoms. The van der Waals surface area contributed by atoms with Gasteiger partial charge in [0.05, 0.1) is 0 Å². The lowest BCUT2D eigenvalue weighted by molar-refractivity contribution is 0.572. The van der Waals surface area contributed by atoms with E-state index in [2.05, 4.69) is 12.1 Å². The molecule has 0 amide bonds. The molecule has 2 N–H and O–H groups in total. The summed E-state index contributed by atoms with van der Waals surface area (Å²) in [6.45, 7) is 1.21. The molecule has 20 heavy (non-hydrogen) atoms. The molecule has 1 heterocycles. The zero-order valence-electron chi connectivity index (χ0n) is 11.1. The minimum Gasteiger partial charge on any atom is -0.399 e. The molecule has 2 aromatic rings. The summed E-state index contributed by atoms with van der Waals surface area (Å²) in [4.78, 5) is 1.77. The molecule has 3 rings (SSSR count). The van der Waals surface area contributed by atoms with Gasteiger partial charge in [0.15, 0.2) is 11.6 Å². The molecule has 0 aliphatic carbocycles. The summed E-state index contributed by atoms with van der Waals surface area (Å²) in [5.74, 6) is -1.18. The first-order valence-electron chi connectivity index (χ1n) is 6.71. The third-order valence-corrected chi connectivity index (χ3v) is 3.78. The van der Waals surface area contributed by atoms with Crippen molar-refractivity contribution >= 4 is 11.4 Å². The Labute approximate surface area is 116 Å². The van der Waals surface area contributed by atoms with Crippen LogP contribution in [0.15, 0.2) is 36.4 Å². The van der Waals surface area contributed by atoms with Crippen molar-refractivity contribution in [2.24, 2.45) is 0 Å². The van der Waals surface area contributed by atoms with Gasteiger partial charge >= 0.3 is 0 Å². The average molecular weight is 274 g/mol. The molecule has 0 aromatic heterocycles. The van der Waals surface area contributed by atoms with Gasteiger partial charge in [-0.1, -0.05) is 24.3 Å². The Kier molecular flexibility index (Phi) is 3.30. The third kappa shape index (κ3) is 2.33. The molecule has 0 fully saturated rings. The number of nitrogens with zero attached hydrogens (tertiary/aromatic N) is 1.